The van der Waals surface area contributed by atoms with Gasteiger partial charge in [0.1, 0.15) is 12.2 Å². The molecule has 0 radical (unpaired) electrons. The molecule has 0 N–H and O–H groups in total. The van der Waals surface area contributed by atoms with Gasteiger partial charge in [-0.15, -0.1) is 0 Å². The van der Waals surface area contributed by atoms with Gasteiger partial charge in [0.05, 0.1) is 12.7 Å². The van der Waals surface area contributed by atoms with Gasteiger partial charge >= 0.3 is 6.01 Å². The van der Waals surface area contributed by atoms with E-state index in [1.807, 2.05) is 0 Å². The van der Waals surface area contributed by atoms with Crippen LogP contribution in [0.3, 0.4) is 0 Å². The first-order chi connectivity index (χ1) is 12.3. The summed E-state index contributed by atoms with van der Waals surface area (Å²) in [6, 6.07) is 0.344. The number of anilines is 1. The smallest absolute Gasteiger partial charge is 0.316 e. The summed E-state index contributed by atoms with van der Waals surface area (Å²) >= 11 is 0. The second-order valence-corrected chi connectivity index (χ2v) is 6.06. The lowest BCUT2D eigenvalue weighted by Gasteiger charge is -2.27. The second-order valence-electron chi connectivity index (χ2n) is 6.06. The summed E-state index contributed by atoms with van der Waals surface area (Å²) in [6.07, 6.45) is 8.76. The molecule has 1 saturated heterocycles. The highest BCUT2D eigenvalue weighted by Gasteiger charge is 2.21. The number of piperidine rings is 1. The molecule has 8 nitrogen and oxygen atoms in total. The Balaban J connectivity index is 1.84. The summed E-state index contributed by atoms with van der Waals surface area (Å²) in [5.41, 5.74) is 2.53. The van der Waals surface area contributed by atoms with Crippen LogP contribution in [0.2, 0.25) is 0 Å². The van der Waals surface area contributed by atoms with Crippen molar-refractivity contribution in [2.24, 2.45) is 0 Å². The molecule has 0 amide bonds. The van der Waals surface area contributed by atoms with Crippen molar-refractivity contribution in [1.29, 1.82) is 0 Å². The minimum atomic E-state index is 0.344. The molecule has 4 rings (SSSR count). The zero-order valence-electron chi connectivity index (χ0n) is 14.5. The van der Waals surface area contributed by atoms with Crippen LogP contribution < -0.4 is 9.64 Å². The average molecular weight is 339 g/mol. The van der Waals surface area contributed by atoms with Gasteiger partial charge in [0, 0.05) is 32.0 Å². The lowest BCUT2D eigenvalue weighted by atomic mass is 10.1. The van der Waals surface area contributed by atoms with Crippen LogP contribution in [0, 0.1) is 0 Å². The van der Waals surface area contributed by atoms with Crippen LogP contribution in [-0.4, -0.2) is 49.7 Å². The standard InChI is InChI=1S/C17H21N7O/c1-3-24-14(12-9-18-17(25-2)19-10-12)22-13-15(20-11-21-16(13)24)23-7-5-4-6-8-23/h9-11H,3-8H2,1-2H3. The van der Waals surface area contributed by atoms with Crippen molar-refractivity contribution in [3.63, 3.8) is 0 Å². The Morgan fingerprint density at radius 2 is 1.80 bits per heavy atom. The molecule has 3 aromatic heterocycles. The third kappa shape index (κ3) is 2.77. The fourth-order valence-corrected chi connectivity index (χ4v) is 3.32. The number of nitrogens with zero attached hydrogens (tertiary/aromatic N) is 7. The van der Waals surface area contributed by atoms with Gasteiger partial charge in [-0.3, -0.25) is 0 Å². The number of imidazole rings is 1. The first-order valence-corrected chi connectivity index (χ1v) is 8.64. The fraction of sp³-hybridized carbons (Fsp3) is 0.471. The molecule has 0 spiro atoms. The number of rotatable bonds is 4. The molecule has 0 saturated carbocycles. The highest BCUT2D eigenvalue weighted by Crippen LogP contribution is 2.29. The lowest BCUT2D eigenvalue weighted by molar-refractivity contribution is 0.380. The molecule has 1 fully saturated rings. The number of fused-ring (bicyclic) bond motifs is 1. The highest BCUT2D eigenvalue weighted by molar-refractivity contribution is 5.86. The minimum absolute atomic E-state index is 0.344. The van der Waals surface area contributed by atoms with E-state index in [0.29, 0.717) is 6.01 Å². The van der Waals surface area contributed by atoms with Crippen LogP contribution >= 0.6 is 0 Å². The van der Waals surface area contributed by atoms with Crippen LogP contribution in [0.4, 0.5) is 5.82 Å². The number of aryl methyl sites for hydroxylation is 1. The van der Waals surface area contributed by atoms with Gasteiger partial charge in [-0.1, -0.05) is 0 Å². The zero-order valence-corrected chi connectivity index (χ0v) is 14.5. The molecule has 0 bridgehead atoms. The number of ether oxygens (including phenoxy) is 1. The summed E-state index contributed by atoms with van der Waals surface area (Å²) in [7, 11) is 1.55. The van der Waals surface area contributed by atoms with E-state index in [0.717, 1.165) is 48.0 Å². The van der Waals surface area contributed by atoms with E-state index in [2.05, 4.69) is 36.3 Å². The van der Waals surface area contributed by atoms with Crippen molar-refractivity contribution in [2.75, 3.05) is 25.1 Å². The van der Waals surface area contributed by atoms with E-state index in [-0.39, 0.29) is 0 Å². The molecular weight excluding hydrogens is 318 g/mol. The molecule has 0 aliphatic carbocycles. The average Bonchev–Trinajstić information content (AvgIpc) is 3.07. The molecule has 4 heterocycles. The van der Waals surface area contributed by atoms with E-state index >= 15 is 0 Å². The van der Waals surface area contributed by atoms with E-state index in [1.54, 1.807) is 25.8 Å². The summed E-state index contributed by atoms with van der Waals surface area (Å²) in [4.78, 5) is 24.6. The largest absolute Gasteiger partial charge is 0.467 e. The molecule has 8 heteroatoms. The number of methoxy groups -OCH3 is 1. The third-order valence-electron chi connectivity index (χ3n) is 4.55. The summed E-state index contributed by atoms with van der Waals surface area (Å²) in [5, 5.41) is 0. The Morgan fingerprint density at radius 3 is 2.48 bits per heavy atom. The second kappa shape index (κ2) is 6.62. The van der Waals surface area contributed by atoms with Crippen LogP contribution in [0.5, 0.6) is 6.01 Å². The Kier molecular flexibility index (Phi) is 4.17. The Bertz CT molecular complexity index is 869. The molecule has 25 heavy (non-hydrogen) atoms. The monoisotopic (exact) mass is 339 g/mol. The quantitative estimate of drug-likeness (QED) is 0.721. The molecule has 0 unspecified atom stereocenters. The van der Waals surface area contributed by atoms with Crippen LogP contribution in [0.1, 0.15) is 26.2 Å². The van der Waals surface area contributed by atoms with Gasteiger partial charge in [-0.05, 0) is 26.2 Å². The predicted molar refractivity (Wildman–Crippen MR) is 94.6 cm³/mol. The van der Waals surface area contributed by atoms with Crippen LogP contribution in [-0.2, 0) is 6.54 Å². The SMILES string of the molecule is CCn1c(-c2cnc(OC)nc2)nc2c(N3CCCCC3)ncnc21. The molecular formula is C17H21N7O. The first kappa shape index (κ1) is 15.7. The lowest BCUT2D eigenvalue weighted by Crippen LogP contribution is -2.30. The normalized spacial score (nSPS) is 14.9. The minimum Gasteiger partial charge on any atom is -0.467 e. The van der Waals surface area contributed by atoms with Crippen molar-refractivity contribution < 1.29 is 4.74 Å². The molecule has 130 valence electrons. The van der Waals surface area contributed by atoms with Crippen molar-refractivity contribution >= 4 is 17.0 Å². The molecule has 1 aliphatic rings. The van der Waals surface area contributed by atoms with Gasteiger partial charge in [-0.2, -0.15) is 0 Å². The summed E-state index contributed by atoms with van der Waals surface area (Å²) in [5.74, 6) is 1.73. The molecule has 1 aliphatic heterocycles. The Labute approximate surface area is 145 Å². The van der Waals surface area contributed by atoms with Crippen LogP contribution in [0.25, 0.3) is 22.6 Å². The van der Waals surface area contributed by atoms with E-state index in [1.165, 1.54) is 19.3 Å². The van der Waals surface area contributed by atoms with Crippen LogP contribution in [0.15, 0.2) is 18.7 Å². The van der Waals surface area contributed by atoms with Gasteiger partial charge in [0.15, 0.2) is 17.0 Å². The number of hydrogen-bond acceptors (Lipinski definition) is 7. The van der Waals surface area contributed by atoms with Gasteiger partial charge in [0.2, 0.25) is 0 Å². The maximum atomic E-state index is 5.04. The van der Waals surface area contributed by atoms with Crippen molar-refractivity contribution in [3.8, 4) is 17.4 Å². The maximum absolute atomic E-state index is 5.04. The maximum Gasteiger partial charge on any atom is 0.316 e. The molecule has 3 aromatic rings. The summed E-state index contributed by atoms with van der Waals surface area (Å²) in [6.45, 7) is 4.88. The summed E-state index contributed by atoms with van der Waals surface area (Å²) < 4.78 is 7.12. The van der Waals surface area contributed by atoms with Gasteiger partial charge < -0.3 is 14.2 Å². The van der Waals surface area contributed by atoms with E-state index in [9.17, 15) is 0 Å². The predicted octanol–water partition coefficient (Wildman–Crippen LogP) is 2.30. The molecule has 0 atom stereocenters. The zero-order chi connectivity index (χ0) is 17.2. The topological polar surface area (TPSA) is 81.9 Å². The van der Waals surface area contributed by atoms with Crippen molar-refractivity contribution in [1.82, 2.24) is 29.5 Å². The molecule has 0 aromatic carbocycles. The first-order valence-electron chi connectivity index (χ1n) is 8.64. The third-order valence-corrected chi connectivity index (χ3v) is 4.55. The van der Waals surface area contributed by atoms with E-state index < -0.39 is 0 Å². The Morgan fingerprint density at radius 1 is 1.04 bits per heavy atom. The van der Waals surface area contributed by atoms with E-state index in [4.69, 9.17) is 9.72 Å². The fourth-order valence-electron chi connectivity index (χ4n) is 3.32. The van der Waals surface area contributed by atoms with Crippen molar-refractivity contribution in [2.45, 2.75) is 32.7 Å². The number of hydrogen-bond donors (Lipinski definition) is 0. The Hall–Kier alpha value is -2.77. The number of aromatic nitrogens is 6. The van der Waals surface area contributed by atoms with Crippen molar-refractivity contribution in [3.05, 3.63) is 18.7 Å². The van der Waals surface area contributed by atoms with Gasteiger partial charge in [0.25, 0.3) is 0 Å². The highest BCUT2D eigenvalue weighted by atomic mass is 16.5. The van der Waals surface area contributed by atoms with Gasteiger partial charge in [-0.25, -0.2) is 24.9 Å².